The van der Waals surface area contributed by atoms with Gasteiger partial charge in [0.1, 0.15) is 29.8 Å². The molecule has 0 bridgehead atoms. The van der Waals surface area contributed by atoms with Crippen molar-refractivity contribution in [2.45, 2.75) is 84.7 Å². The molecule has 0 spiro atoms. The van der Waals surface area contributed by atoms with E-state index in [-0.39, 0.29) is 65.9 Å². The number of nitriles is 1. The third kappa shape index (κ3) is 6.85. The quantitative estimate of drug-likeness (QED) is 0.272. The largest absolute Gasteiger partial charge is 0.489 e. The maximum absolute atomic E-state index is 15.5. The van der Waals surface area contributed by atoms with Crippen LogP contribution in [0.5, 0.6) is 5.75 Å². The number of carbonyl (C=O) groups is 4. The minimum absolute atomic E-state index is 0.0423. The Morgan fingerprint density at radius 3 is 2.18 bits per heavy atom. The number of fused-ring (bicyclic) bond motifs is 2. The predicted octanol–water partition coefficient (Wildman–Crippen LogP) is 5.99. The van der Waals surface area contributed by atoms with Gasteiger partial charge in [-0.25, -0.2) is 4.39 Å². The average Bonchev–Trinajstić information content (AvgIpc) is 3.70. The molecule has 1 N–H and O–H groups in total. The average molecular weight is 836 g/mol. The molecule has 5 aliphatic heterocycles. The second-order valence-electron chi connectivity index (χ2n) is 18.6. The Bertz CT molecular complexity index is 2310. The Morgan fingerprint density at radius 1 is 0.817 bits per heavy atom. The lowest BCUT2D eigenvalue weighted by Gasteiger charge is -2.65. The first kappa shape index (κ1) is 40.2. The summed E-state index contributed by atoms with van der Waals surface area (Å²) in [5, 5.41) is 12.0. The molecule has 5 heterocycles. The van der Waals surface area contributed by atoms with Crippen LogP contribution >= 0.6 is 11.6 Å². The van der Waals surface area contributed by atoms with Crippen molar-refractivity contribution in [2.75, 3.05) is 55.6 Å². The van der Waals surface area contributed by atoms with E-state index in [0.29, 0.717) is 58.7 Å². The first-order valence-corrected chi connectivity index (χ1v) is 21.5. The number of piperazine rings is 1. The standard InChI is InChI=1S/C46H51ClFN7O5/c1-45(2)43(46(3,4)44(45)60-32-7-5-28(23-49)35(47)21-32)55-26-29-19-31(6-8-33(29)41(55)58)52-13-11-27(12-14-52)24-51-15-17-53(18-16-51)38-22-34-30(20-36(38)48)25-54(42(34)59)37-9-10-39(56)50-40(37)57/h5-8,19-22,27,37,43-44H,9-18,24-26H2,1-4H3,(H,50,56,57). The smallest absolute Gasteiger partial charge is 0.255 e. The highest BCUT2D eigenvalue weighted by Crippen LogP contribution is 2.59. The van der Waals surface area contributed by atoms with E-state index in [0.717, 1.165) is 62.4 Å². The molecule has 1 unspecified atom stereocenters. The summed E-state index contributed by atoms with van der Waals surface area (Å²) >= 11 is 6.31. The summed E-state index contributed by atoms with van der Waals surface area (Å²) in [6.45, 7) is 15.1. The second-order valence-corrected chi connectivity index (χ2v) is 19.1. The number of nitrogens with zero attached hydrogens (tertiary/aromatic N) is 6. The first-order valence-electron chi connectivity index (χ1n) is 21.1. The van der Waals surface area contributed by atoms with Crippen molar-refractivity contribution in [3.8, 4) is 11.8 Å². The highest BCUT2D eigenvalue weighted by Gasteiger charge is 2.67. The molecule has 4 fully saturated rings. The lowest BCUT2D eigenvalue weighted by atomic mass is 9.49. The highest BCUT2D eigenvalue weighted by atomic mass is 35.5. The fraction of sp³-hybridized carbons (Fsp3) is 0.500. The zero-order chi connectivity index (χ0) is 42.2. The van der Waals surface area contributed by atoms with Crippen LogP contribution in [-0.4, -0.2) is 102 Å². The summed E-state index contributed by atoms with van der Waals surface area (Å²) in [6, 6.07) is 15.8. The van der Waals surface area contributed by atoms with Crippen LogP contribution in [0.3, 0.4) is 0 Å². The Morgan fingerprint density at radius 2 is 1.50 bits per heavy atom. The molecular weight excluding hydrogens is 785 g/mol. The Balaban J connectivity index is 0.769. The lowest BCUT2D eigenvalue weighted by Crippen LogP contribution is -2.74. The number of carbonyl (C=O) groups excluding carboxylic acids is 4. The van der Waals surface area contributed by atoms with Gasteiger partial charge in [0.15, 0.2) is 0 Å². The van der Waals surface area contributed by atoms with Crippen molar-refractivity contribution in [2.24, 2.45) is 16.7 Å². The maximum Gasteiger partial charge on any atom is 0.255 e. The molecule has 314 valence electrons. The summed E-state index contributed by atoms with van der Waals surface area (Å²) in [5.74, 6) is -0.252. The number of imide groups is 1. The van der Waals surface area contributed by atoms with Crippen molar-refractivity contribution in [3.63, 3.8) is 0 Å². The second kappa shape index (κ2) is 15.1. The third-order valence-electron chi connectivity index (χ3n) is 14.1. The summed E-state index contributed by atoms with van der Waals surface area (Å²) in [7, 11) is 0. The van der Waals surface area contributed by atoms with Gasteiger partial charge in [0.2, 0.25) is 11.8 Å². The topological polar surface area (TPSA) is 130 Å². The zero-order valence-corrected chi connectivity index (χ0v) is 35.4. The summed E-state index contributed by atoms with van der Waals surface area (Å²) in [6.07, 6.45) is 2.40. The van der Waals surface area contributed by atoms with Crippen LogP contribution in [0.2, 0.25) is 5.02 Å². The van der Waals surface area contributed by atoms with Crippen molar-refractivity contribution in [3.05, 3.63) is 87.2 Å². The summed E-state index contributed by atoms with van der Waals surface area (Å²) in [4.78, 5) is 61.8. The van der Waals surface area contributed by atoms with E-state index in [1.807, 2.05) is 15.9 Å². The SMILES string of the molecule is CC1(C)C(Oc2ccc(C#N)c(Cl)c2)C(C)(C)C1N1Cc2cc(N3CCC(CN4CCN(c5cc6c(cc5F)CN(C5CCC(=O)NC5=O)C6=O)CC4)CC3)ccc2C1=O. The number of hydrogen-bond donors (Lipinski definition) is 1. The van der Waals surface area contributed by atoms with Gasteiger partial charge in [0.25, 0.3) is 11.8 Å². The molecule has 1 atom stereocenters. The van der Waals surface area contributed by atoms with Gasteiger partial charge in [-0.1, -0.05) is 39.3 Å². The Hall–Kier alpha value is -5.19. The molecule has 9 rings (SSSR count). The number of rotatable bonds is 8. The van der Waals surface area contributed by atoms with E-state index in [1.54, 1.807) is 24.3 Å². The maximum atomic E-state index is 15.5. The fourth-order valence-electron chi connectivity index (χ4n) is 11.5. The number of halogens is 2. The van der Waals surface area contributed by atoms with Gasteiger partial charge >= 0.3 is 0 Å². The summed E-state index contributed by atoms with van der Waals surface area (Å²) in [5.41, 5.74) is 4.13. The van der Waals surface area contributed by atoms with E-state index in [4.69, 9.17) is 16.3 Å². The monoisotopic (exact) mass is 835 g/mol. The van der Waals surface area contributed by atoms with Crippen molar-refractivity contribution >= 4 is 46.6 Å². The number of piperidine rings is 2. The molecule has 0 aromatic heterocycles. The number of benzene rings is 3. The fourth-order valence-corrected chi connectivity index (χ4v) is 11.7. The van der Waals surface area contributed by atoms with Crippen LogP contribution in [0.1, 0.15) is 90.8 Å². The van der Waals surface area contributed by atoms with Crippen LogP contribution in [0.25, 0.3) is 0 Å². The number of amides is 4. The molecule has 60 heavy (non-hydrogen) atoms. The first-order chi connectivity index (χ1) is 28.6. The van der Waals surface area contributed by atoms with Gasteiger partial charge in [-0.3, -0.25) is 29.4 Å². The molecule has 12 nitrogen and oxygen atoms in total. The van der Waals surface area contributed by atoms with E-state index in [1.165, 1.54) is 11.0 Å². The molecule has 0 radical (unpaired) electrons. The van der Waals surface area contributed by atoms with Gasteiger partial charge in [0.05, 0.1) is 16.3 Å². The van der Waals surface area contributed by atoms with Crippen LogP contribution in [0.15, 0.2) is 48.5 Å². The van der Waals surface area contributed by atoms with Crippen LogP contribution in [-0.2, 0) is 22.7 Å². The molecule has 3 saturated heterocycles. The predicted molar refractivity (Wildman–Crippen MR) is 224 cm³/mol. The molecule has 6 aliphatic rings. The van der Waals surface area contributed by atoms with Gasteiger partial charge < -0.3 is 24.3 Å². The zero-order valence-electron chi connectivity index (χ0n) is 34.6. The van der Waals surface area contributed by atoms with Crippen molar-refractivity contribution in [1.82, 2.24) is 20.0 Å². The van der Waals surface area contributed by atoms with Crippen LogP contribution in [0, 0.1) is 33.9 Å². The van der Waals surface area contributed by atoms with Crippen molar-refractivity contribution in [1.29, 1.82) is 5.26 Å². The minimum Gasteiger partial charge on any atom is -0.489 e. The number of ether oxygens (including phenoxy) is 1. The van der Waals surface area contributed by atoms with Crippen molar-refractivity contribution < 1.29 is 28.3 Å². The van der Waals surface area contributed by atoms with Crippen LogP contribution in [0.4, 0.5) is 15.8 Å². The third-order valence-corrected chi connectivity index (χ3v) is 14.4. The number of hydrogen-bond acceptors (Lipinski definition) is 9. The lowest BCUT2D eigenvalue weighted by molar-refractivity contribution is -0.199. The molecule has 3 aromatic rings. The van der Waals surface area contributed by atoms with Crippen LogP contribution < -0.4 is 19.9 Å². The minimum atomic E-state index is -0.729. The van der Waals surface area contributed by atoms with E-state index >= 15 is 4.39 Å². The Labute approximate surface area is 355 Å². The van der Waals surface area contributed by atoms with Gasteiger partial charge in [-0.15, -0.1) is 0 Å². The van der Waals surface area contributed by atoms with Gasteiger partial charge in [0, 0.05) is 105 Å². The van der Waals surface area contributed by atoms with E-state index in [2.05, 4.69) is 61.0 Å². The van der Waals surface area contributed by atoms with E-state index < -0.39 is 11.9 Å². The highest BCUT2D eigenvalue weighted by molar-refractivity contribution is 6.31. The molecular formula is C46H51ClFN7O5. The molecule has 3 aromatic carbocycles. The van der Waals surface area contributed by atoms with Gasteiger partial charge in [-0.2, -0.15) is 5.26 Å². The Kier molecular flexibility index (Phi) is 10.1. The van der Waals surface area contributed by atoms with Gasteiger partial charge in [-0.05, 0) is 78.8 Å². The molecule has 14 heteroatoms. The number of nitrogens with one attached hydrogen (secondary N) is 1. The van der Waals surface area contributed by atoms with E-state index in [9.17, 15) is 24.4 Å². The molecule has 1 aliphatic carbocycles. The number of anilines is 2. The molecule has 4 amide bonds. The molecule has 1 saturated carbocycles. The normalized spacial score (nSPS) is 25.2. The summed E-state index contributed by atoms with van der Waals surface area (Å²) < 4.78 is 22.0.